The summed E-state index contributed by atoms with van der Waals surface area (Å²) >= 11 is 12.1. The van der Waals surface area contributed by atoms with Crippen LogP contribution in [0.25, 0.3) is 0 Å². The van der Waals surface area contributed by atoms with Crippen LogP contribution in [0.2, 0.25) is 10.0 Å². The average molecular weight is 534 g/mol. The van der Waals surface area contributed by atoms with Gasteiger partial charge in [-0.05, 0) is 55.0 Å². The van der Waals surface area contributed by atoms with Crippen LogP contribution in [0.5, 0.6) is 0 Å². The van der Waals surface area contributed by atoms with E-state index in [1.54, 1.807) is 25.1 Å². The molecular formula is C25H25Cl2N3O4S. The number of likely N-dealkylation sites (N-methyl/N-ethyl adjacent to an activating group) is 1. The maximum absolute atomic E-state index is 13.6. The molecule has 3 rings (SSSR count). The molecule has 0 aliphatic carbocycles. The van der Waals surface area contributed by atoms with Crippen LogP contribution in [-0.2, 0) is 26.2 Å². The molecule has 0 saturated carbocycles. The standard InChI is InChI=1S/C25H25Cl2N3O4S/c1-18(25(32)28-2)29(16-19-7-4-3-5-8-19)24(31)17-30(22-10-6-9-21(27)15-22)35(33,34)23-13-11-20(26)12-14-23/h3-15,18H,16-17H2,1-2H3,(H,28,32)/t18-/m1/s1. The predicted molar refractivity (Wildman–Crippen MR) is 138 cm³/mol. The summed E-state index contributed by atoms with van der Waals surface area (Å²) in [5, 5.41) is 3.23. The number of rotatable bonds is 9. The summed E-state index contributed by atoms with van der Waals surface area (Å²) in [6.45, 7) is 1.18. The van der Waals surface area contributed by atoms with Gasteiger partial charge in [0.25, 0.3) is 10.0 Å². The summed E-state index contributed by atoms with van der Waals surface area (Å²) in [7, 11) is -2.69. The highest BCUT2D eigenvalue weighted by Gasteiger charge is 2.32. The van der Waals surface area contributed by atoms with Crippen LogP contribution in [0.3, 0.4) is 0 Å². The van der Waals surface area contributed by atoms with E-state index in [9.17, 15) is 18.0 Å². The van der Waals surface area contributed by atoms with E-state index in [1.807, 2.05) is 30.3 Å². The van der Waals surface area contributed by atoms with E-state index in [0.29, 0.717) is 10.0 Å². The molecule has 0 bridgehead atoms. The van der Waals surface area contributed by atoms with Crippen LogP contribution in [0.4, 0.5) is 5.69 Å². The van der Waals surface area contributed by atoms with E-state index < -0.39 is 28.5 Å². The molecule has 3 aromatic rings. The molecule has 10 heteroatoms. The Hall–Kier alpha value is -3.07. The third-order valence-corrected chi connectivity index (χ3v) is 7.66. The van der Waals surface area contributed by atoms with Gasteiger partial charge in [-0.3, -0.25) is 13.9 Å². The van der Waals surface area contributed by atoms with Gasteiger partial charge in [0, 0.05) is 23.6 Å². The van der Waals surface area contributed by atoms with Gasteiger partial charge in [0.1, 0.15) is 12.6 Å². The summed E-state index contributed by atoms with van der Waals surface area (Å²) in [6, 6.07) is 20.2. The number of hydrogen-bond donors (Lipinski definition) is 1. The van der Waals surface area contributed by atoms with Gasteiger partial charge >= 0.3 is 0 Å². The minimum atomic E-state index is -4.17. The Balaban J connectivity index is 2.02. The molecule has 3 aromatic carbocycles. The second-order valence-corrected chi connectivity index (χ2v) is 10.5. The highest BCUT2D eigenvalue weighted by Crippen LogP contribution is 2.27. The van der Waals surface area contributed by atoms with E-state index in [1.165, 1.54) is 42.3 Å². The second kappa shape index (κ2) is 11.6. The van der Waals surface area contributed by atoms with Gasteiger partial charge in [0.2, 0.25) is 11.8 Å². The van der Waals surface area contributed by atoms with Gasteiger partial charge in [0.05, 0.1) is 10.6 Å². The normalized spacial score (nSPS) is 12.0. The maximum Gasteiger partial charge on any atom is 0.264 e. The third kappa shape index (κ3) is 6.54. The van der Waals surface area contributed by atoms with Gasteiger partial charge in [-0.1, -0.05) is 59.6 Å². The highest BCUT2D eigenvalue weighted by molar-refractivity contribution is 7.92. The molecule has 2 amide bonds. The smallest absolute Gasteiger partial charge is 0.264 e. The van der Waals surface area contributed by atoms with Gasteiger partial charge in [-0.25, -0.2) is 8.42 Å². The molecule has 1 N–H and O–H groups in total. The summed E-state index contributed by atoms with van der Waals surface area (Å²) < 4.78 is 28.2. The van der Waals surface area contributed by atoms with Crippen LogP contribution < -0.4 is 9.62 Å². The Labute approximate surface area is 215 Å². The Bertz CT molecular complexity index is 1290. The van der Waals surface area contributed by atoms with Crippen molar-refractivity contribution < 1.29 is 18.0 Å². The zero-order valence-electron chi connectivity index (χ0n) is 19.2. The van der Waals surface area contributed by atoms with Crippen molar-refractivity contribution in [2.24, 2.45) is 0 Å². The lowest BCUT2D eigenvalue weighted by Crippen LogP contribution is -2.50. The lowest BCUT2D eigenvalue weighted by molar-refractivity contribution is -0.139. The molecule has 0 saturated heterocycles. The lowest BCUT2D eigenvalue weighted by atomic mass is 10.1. The van der Waals surface area contributed by atoms with Crippen molar-refractivity contribution in [3.05, 3.63) is 94.5 Å². The second-order valence-electron chi connectivity index (χ2n) is 7.74. The molecule has 0 aliphatic rings. The van der Waals surface area contributed by atoms with Crippen LogP contribution in [0.15, 0.2) is 83.8 Å². The van der Waals surface area contributed by atoms with Crippen molar-refractivity contribution in [1.29, 1.82) is 0 Å². The molecule has 0 aliphatic heterocycles. The molecule has 0 heterocycles. The fourth-order valence-corrected chi connectivity index (χ4v) is 5.18. The lowest BCUT2D eigenvalue weighted by Gasteiger charge is -2.31. The first-order valence-electron chi connectivity index (χ1n) is 10.7. The zero-order valence-corrected chi connectivity index (χ0v) is 21.5. The van der Waals surface area contributed by atoms with Crippen LogP contribution in [0.1, 0.15) is 12.5 Å². The van der Waals surface area contributed by atoms with Crippen molar-refractivity contribution in [3.63, 3.8) is 0 Å². The number of hydrogen-bond acceptors (Lipinski definition) is 4. The molecule has 0 unspecified atom stereocenters. The van der Waals surface area contributed by atoms with Crippen molar-refractivity contribution in [1.82, 2.24) is 10.2 Å². The van der Waals surface area contributed by atoms with Gasteiger partial charge < -0.3 is 10.2 Å². The minimum absolute atomic E-state index is 0.0383. The van der Waals surface area contributed by atoms with Gasteiger partial charge in [-0.15, -0.1) is 0 Å². The third-order valence-electron chi connectivity index (χ3n) is 5.39. The number of anilines is 1. The number of halogens is 2. The fraction of sp³-hybridized carbons (Fsp3) is 0.200. The zero-order chi connectivity index (χ0) is 25.6. The Morgan fingerprint density at radius 3 is 2.17 bits per heavy atom. The minimum Gasteiger partial charge on any atom is -0.357 e. The number of sulfonamides is 1. The Morgan fingerprint density at radius 2 is 1.57 bits per heavy atom. The first-order chi connectivity index (χ1) is 16.6. The van der Waals surface area contributed by atoms with Crippen molar-refractivity contribution >= 4 is 50.7 Å². The van der Waals surface area contributed by atoms with E-state index in [-0.39, 0.29) is 23.0 Å². The van der Waals surface area contributed by atoms with Crippen molar-refractivity contribution in [3.8, 4) is 0 Å². The summed E-state index contributed by atoms with van der Waals surface area (Å²) in [5.74, 6) is -0.924. The summed E-state index contributed by atoms with van der Waals surface area (Å²) in [6.07, 6.45) is 0. The maximum atomic E-state index is 13.6. The van der Waals surface area contributed by atoms with E-state index in [4.69, 9.17) is 23.2 Å². The topological polar surface area (TPSA) is 86.8 Å². The molecule has 35 heavy (non-hydrogen) atoms. The number of nitrogens with zero attached hydrogens (tertiary/aromatic N) is 2. The van der Waals surface area contributed by atoms with E-state index in [2.05, 4.69) is 5.32 Å². The van der Waals surface area contributed by atoms with Crippen LogP contribution in [-0.4, -0.2) is 44.8 Å². The predicted octanol–water partition coefficient (Wildman–Crippen LogP) is 4.35. The van der Waals surface area contributed by atoms with Crippen molar-refractivity contribution in [2.45, 2.75) is 24.4 Å². The SMILES string of the molecule is CNC(=O)[C@@H](C)N(Cc1ccccc1)C(=O)CN(c1cccc(Cl)c1)S(=O)(=O)c1ccc(Cl)cc1. The van der Waals surface area contributed by atoms with Crippen LogP contribution in [0, 0.1) is 0 Å². The monoisotopic (exact) mass is 533 g/mol. The molecule has 0 aromatic heterocycles. The van der Waals surface area contributed by atoms with Crippen molar-refractivity contribution in [2.75, 3.05) is 17.9 Å². The number of carbonyl (C=O) groups excluding carboxylic acids is 2. The summed E-state index contributed by atoms with van der Waals surface area (Å²) in [4.78, 5) is 27.3. The summed E-state index contributed by atoms with van der Waals surface area (Å²) in [5.41, 5.74) is 1.01. The molecule has 0 radical (unpaired) electrons. The first kappa shape index (κ1) is 26.5. The quantitative estimate of drug-likeness (QED) is 0.442. The Kier molecular flexibility index (Phi) is 8.77. The fourth-order valence-electron chi connectivity index (χ4n) is 3.47. The number of benzene rings is 3. The first-order valence-corrected chi connectivity index (χ1v) is 12.9. The average Bonchev–Trinajstić information content (AvgIpc) is 2.85. The van der Waals surface area contributed by atoms with E-state index in [0.717, 1.165) is 9.87 Å². The molecule has 0 fully saturated rings. The molecular weight excluding hydrogens is 509 g/mol. The van der Waals surface area contributed by atoms with Gasteiger partial charge in [0.15, 0.2) is 0 Å². The molecule has 184 valence electrons. The highest BCUT2D eigenvalue weighted by atomic mass is 35.5. The number of nitrogens with one attached hydrogen (secondary N) is 1. The molecule has 1 atom stereocenters. The Morgan fingerprint density at radius 1 is 0.914 bits per heavy atom. The molecule has 7 nitrogen and oxygen atoms in total. The van der Waals surface area contributed by atoms with Gasteiger partial charge in [-0.2, -0.15) is 0 Å². The van der Waals surface area contributed by atoms with E-state index >= 15 is 0 Å². The van der Waals surface area contributed by atoms with Crippen LogP contribution >= 0.6 is 23.2 Å². The largest absolute Gasteiger partial charge is 0.357 e. The number of carbonyl (C=O) groups is 2. The number of amides is 2. The molecule has 0 spiro atoms.